The summed E-state index contributed by atoms with van der Waals surface area (Å²) in [5, 5.41) is 10.9. The van der Waals surface area contributed by atoms with Gasteiger partial charge in [-0.15, -0.1) is 0 Å². The number of hydrogen-bond donors (Lipinski definition) is 2. The van der Waals surface area contributed by atoms with Crippen LogP contribution in [0.1, 0.15) is 24.1 Å². The lowest BCUT2D eigenvalue weighted by Crippen LogP contribution is -2.40. The first-order chi connectivity index (χ1) is 13.3. The third-order valence-corrected chi connectivity index (χ3v) is 5.11. The highest BCUT2D eigenvalue weighted by atomic mass is 16.5. The molecular formula is C22H24N4O. The molecule has 2 aromatic carbocycles. The number of guanidine groups is 1. The van der Waals surface area contributed by atoms with E-state index in [1.54, 1.807) is 7.05 Å². The van der Waals surface area contributed by atoms with Crippen LogP contribution in [0.5, 0.6) is 0 Å². The van der Waals surface area contributed by atoms with Gasteiger partial charge < -0.3 is 15.2 Å². The number of nitrogens with zero attached hydrogens (tertiary/aromatic N) is 2. The summed E-state index contributed by atoms with van der Waals surface area (Å²) in [5.41, 5.74) is 3.52. The van der Waals surface area contributed by atoms with Crippen LogP contribution in [0.2, 0.25) is 0 Å². The molecule has 0 radical (unpaired) electrons. The predicted octanol–water partition coefficient (Wildman–Crippen LogP) is 3.74. The quantitative estimate of drug-likeness (QED) is 0.519. The minimum absolute atomic E-state index is 0.243. The highest BCUT2D eigenvalue weighted by molar-refractivity contribution is 5.79. The van der Waals surface area contributed by atoms with Gasteiger partial charge in [-0.2, -0.15) is 0 Å². The van der Waals surface area contributed by atoms with Gasteiger partial charge in [0.2, 0.25) is 0 Å². The number of aliphatic imine (C=N–C) groups is 1. The Bertz CT molecular complexity index is 898. The molecule has 0 amide bonds. The van der Waals surface area contributed by atoms with Gasteiger partial charge in [0.15, 0.2) is 11.7 Å². The van der Waals surface area contributed by atoms with E-state index in [1.807, 2.05) is 36.4 Å². The van der Waals surface area contributed by atoms with Crippen LogP contribution in [0.15, 0.2) is 76.2 Å². The van der Waals surface area contributed by atoms with Crippen molar-refractivity contribution in [3.05, 3.63) is 78.0 Å². The Morgan fingerprint density at radius 3 is 2.41 bits per heavy atom. The summed E-state index contributed by atoms with van der Waals surface area (Å²) >= 11 is 0. The van der Waals surface area contributed by atoms with E-state index in [1.165, 1.54) is 18.4 Å². The minimum atomic E-state index is 0.243. The normalized spacial score (nSPS) is 15.4. The molecule has 1 fully saturated rings. The van der Waals surface area contributed by atoms with Gasteiger partial charge in [0.25, 0.3) is 0 Å². The number of benzene rings is 2. The van der Waals surface area contributed by atoms with E-state index in [9.17, 15) is 0 Å². The molecular weight excluding hydrogens is 336 g/mol. The van der Waals surface area contributed by atoms with Gasteiger partial charge in [0, 0.05) is 30.6 Å². The molecule has 5 heteroatoms. The fourth-order valence-corrected chi connectivity index (χ4v) is 3.29. The molecule has 0 unspecified atom stereocenters. The van der Waals surface area contributed by atoms with Gasteiger partial charge in [0.1, 0.15) is 5.69 Å². The van der Waals surface area contributed by atoms with E-state index in [4.69, 9.17) is 4.52 Å². The second-order valence-electron chi connectivity index (χ2n) is 6.97. The van der Waals surface area contributed by atoms with Crippen molar-refractivity contribution in [2.75, 3.05) is 13.6 Å². The van der Waals surface area contributed by atoms with E-state index in [0.29, 0.717) is 6.54 Å². The maximum absolute atomic E-state index is 5.45. The van der Waals surface area contributed by atoms with Crippen LogP contribution in [-0.2, 0) is 12.0 Å². The van der Waals surface area contributed by atoms with Crippen LogP contribution in [0, 0.1) is 0 Å². The van der Waals surface area contributed by atoms with Crippen molar-refractivity contribution >= 4 is 5.96 Å². The molecule has 1 aliphatic rings. The predicted molar refractivity (Wildman–Crippen MR) is 107 cm³/mol. The average Bonchev–Trinajstić information content (AvgIpc) is 3.38. The van der Waals surface area contributed by atoms with Crippen molar-refractivity contribution in [2.24, 2.45) is 4.99 Å². The zero-order valence-electron chi connectivity index (χ0n) is 15.5. The topological polar surface area (TPSA) is 62.5 Å². The van der Waals surface area contributed by atoms with Crippen molar-refractivity contribution < 1.29 is 4.52 Å². The average molecular weight is 360 g/mol. The molecule has 1 aromatic heterocycles. The maximum atomic E-state index is 5.45. The standard InChI is InChI=1S/C22H24N4O/c1-23-21(25-16-22(12-13-22)18-10-6-3-7-11-18)24-15-19-14-20(27-26-19)17-8-4-2-5-9-17/h2-11,14H,12-13,15-16H2,1H3,(H2,23,24,25). The summed E-state index contributed by atoms with van der Waals surface area (Å²) < 4.78 is 5.45. The fourth-order valence-electron chi connectivity index (χ4n) is 3.29. The van der Waals surface area contributed by atoms with Gasteiger partial charge in [-0.25, -0.2) is 0 Å². The Balaban J connectivity index is 1.32. The van der Waals surface area contributed by atoms with Crippen molar-refractivity contribution in [1.29, 1.82) is 0 Å². The number of aromatic nitrogens is 1. The summed E-state index contributed by atoms with van der Waals surface area (Å²) in [7, 11) is 1.79. The fraction of sp³-hybridized carbons (Fsp3) is 0.273. The van der Waals surface area contributed by atoms with Crippen LogP contribution in [-0.4, -0.2) is 24.7 Å². The molecule has 3 aromatic rings. The van der Waals surface area contributed by atoms with Gasteiger partial charge in [0.05, 0.1) is 6.54 Å². The Labute approximate surface area is 159 Å². The lowest BCUT2D eigenvalue weighted by Gasteiger charge is -2.18. The molecule has 5 nitrogen and oxygen atoms in total. The lowest BCUT2D eigenvalue weighted by atomic mass is 9.96. The molecule has 0 saturated heterocycles. The third-order valence-electron chi connectivity index (χ3n) is 5.11. The van der Waals surface area contributed by atoms with E-state index >= 15 is 0 Å². The van der Waals surface area contributed by atoms with Crippen molar-refractivity contribution in [1.82, 2.24) is 15.8 Å². The highest BCUT2D eigenvalue weighted by Gasteiger charge is 2.43. The second kappa shape index (κ2) is 7.66. The number of nitrogens with one attached hydrogen (secondary N) is 2. The Morgan fingerprint density at radius 2 is 1.74 bits per heavy atom. The number of rotatable bonds is 6. The highest BCUT2D eigenvalue weighted by Crippen LogP contribution is 2.47. The molecule has 4 rings (SSSR count). The van der Waals surface area contributed by atoms with Crippen LogP contribution in [0.25, 0.3) is 11.3 Å². The van der Waals surface area contributed by atoms with Crippen molar-refractivity contribution in [3.8, 4) is 11.3 Å². The van der Waals surface area contributed by atoms with Crippen LogP contribution < -0.4 is 10.6 Å². The molecule has 0 aliphatic heterocycles. The molecule has 138 valence electrons. The first kappa shape index (κ1) is 17.3. The third kappa shape index (κ3) is 4.03. The van der Waals surface area contributed by atoms with Gasteiger partial charge in [-0.1, -0.05) is 65.8 Å². The molecule has 0 spiro atoms. The van der Waals surface area contributed by atoms with Crippen LogP contribution >= 0.6 is 0 Å². The minimum Gasteiger partial charge on any atom is -0.356 e. The molecule has 1 aliphatic carbocycles. The molecule has 27 heavy (non-hydrogen) atoms. The zero-order valence-corrected chi connectivity index (χ0v) is 15.5. The SMILES string of the molecule is CN=C(NCc1cc(-c2ccccc2)on1)NCC1(c2ccccc2)CC1. The second-order valence-corrected chi connectivity index (χ2v) is 6.97. The molecule has 0 atom stereocenters. The summed E-state index contributed by atoms with van der Waals surface area (Å²) in [6.45, 7) is 1.44. The largest absolute Gasteiger partial charge is 0.356 e. The maximum Gasteiger partial charge on any atom is 0.191 e. The summed E-state index contributed by atoms with van der Waals surface area (Å²) in [4.78, 5) is 4.33. The van der Waals surface area contributed by atoms with Crippen molar-refractivity contribution in [3.63, 3.8) is 0 Å². The van der Waals surface area contributed by atoms with E-state index < -0.39 is 0 Å². The molecule has 1 heterocycles. The first-order valence-electron chi connectivity index (χ1n) is 9.30. The van der Waals surface area contributed by atoms with E-state index in [-0.39, 0.29) is 5.41 Å². The van der Waals surface area contributed by atoms with Crippen molar-refractivity contribution in [2.45, 2.75) is 24.8 Å². The molecule has 2 N–H and O–H groups in total. The van der Waals surface area contributed by atoms with Crippen LogP contribution in [0.3, 0.4) is 0 Å². The summed E-state index contributed by atoms with van der Waals surface area (Å²) in [6, 6.07) is 22.7. The van der Waals surface area contributed by atoms with E-state index in [0.717, 1.165) is 29.5 Å². The lowest BCUT2D eigenvalue weighted by molar-refractivity contribution is 0.422. The van der Waals surface area contributed by atoms with Crippen LogP contribution in [0.4, 0.5) is 0 Å². The molecule has 1 saturated carbocycles. The monoisotopic (exact) mass is 360 g/mol. The molecule has 0 bridgehead atoms. The van der Waals surface area contributed by atoms with E-state index in [2.05, 4.69) is 51.1 Å². The Hall–Kier alpha value is -3.08. The Kier molecular flexibility index (Phi) is 4.92. The summed E-state index contributed by atoms with van der Waals surface area (Å²) in [5.74, 6) is 1.55. The zero-order chi connectivity index (χ0) is 18.5. The van der Waals surface area contributed by atoms with Gasteiger partial charge in [-0.05, 0) is 18.4 Å². The smallest absolute Gasteiger partial charge is 0.191 e. The van der Waals surface area contributed by atoms with Gasteiger partial charge in [-0.3, -0.25) is 4.99 Å². The number of hydrogen-bond acceptors (Lipinski definition) is 3. The van der Waals surface area contributed by atoms with Gasteiger partial charge >= 0.3 is 0 Å². The first-order valence-corrected chi connectivity index (χ1v) is 9.30. The summed E-state index contributed by atoms with van der Waals surface area (Å²) in [6.07, 6.45) is 2.43. The Morgan fingerprint density at radius 1 is 1.04 bits per heavy atom.